The number of halogens is 1. The van der Waals surface area contributed by atoms with Crippen LogP contribution in [0.4, 0.5) is 96.7 Å². The molecule has 1 N–H and O–H groups in total. The summed E-state index contributed by atoms with van der Waals surface area (Å²) in [6.07, 6.45) is 0. The molecule has 0 saturated carbocycles. The highest BCUT2D eigenvalue weighted by Crippen LogP contribution is 2.49. The minimum atomic E-state index is 0. The summed E-state index contributed by atoms with van der Waals surface area (Å²) in [4.78, 5) is 11.6. The molecule has 0 aliphatic heterocycles. The summed E-state index contributed by atoms with van der Waals surface area (Å²) < 4.78 is 11.4. The molecule has 24 aromatic rings. The van der Waals surface area contributed by atoms with Crippen LogP contribution in [0.3, 0.4) is 0 Å². The Hall–Kier alpha value is -15.4. The summed E-state index contributed by atoms with van der Waals surface area (Å²) in [5.41, 5.74) is 23.8. The van der Waals surface area contributed by atoms with E-state index in [0.717, 1.165) is 101 Å². The van der Waals surface area contributed by atoms with Crippen molar-refractivity contribution in [1.29, 1.82) is 0 Å². The lowest BCUT2D eigenvalue weighted by atomic mass is 10.0. The van der Waals surface area contributed by atoms with Crippen LogP contribution in [-0.2, 0) is 0 Å². The van der Waals surface area contributed by atoms with Gasteiger partial charge in [-0.2, -0.15) is 0 Å². The van der Waals surface area contributed by atoms with E-state index in [-0.39, 0.29) is 14.9 Å². The van der Waals surface area contributed by atoms with Gasteiger partial charge >= 0.3 is 0 Å². The normalized spacial score (nSPS) is 11.1. The number of hydrogen-bond acceptors (Lipinski definition) is 10. The Morgan fingerprint density at radius 2 is 0.398 bits per heavy atom. The second-order valence-electron chi connectivity index (χ2n) is 32.2. The highest BCUT2D eigenvalue weighted by molar-refractivity contribution is 9.10. The fourth-order valence-corrected chi connectivity index (χ4v) is 22.6. The van der Waals surface area contributed by atoms with Crippen LogP contribution in [0.25, 0.3) is 103 Å². The van der Waals surface area contributed by atoms with Crippen LogP contribution in [0.2, 0.25) is 0 Å². The lowest BCUT2D eigenvalue weighted by Gasteiger charge is -2.29. The third kappa shape index (κ3) is 17.9. The Bertz CT molecular complexity index is 8020. The van der Waals surface area contributed by atoms with Gasteiger partial charge in [0.2, 0.25) is 0 Å². The molecule has 0 aliphatic rings. The molecule has 133 heavy (non-hydrogen) atoms. The van der Waals surface area contributed by atoms with E-state index in [4.69, 9.17) is 0 Å². The van der Waals surface area contributed by atoms with Gasteiger partial charge in [0.1, 0.15) is 0 Å². The topological polar surface area (TPSA) is 28.2 Å². The van der Waals surface area contributed by atoms with Crippen molar-refractivity contribution >= 4 is 239 Å². The molecule has 0 spiro atoms. The zero-order valence-electron chi connectivity index (χ0n) is 71.1. The maximum atomic E-state index is 3.67. The van der Waals surface area contributed by atoms with E-state index in [1.807, 2.05) is 63.5 Å². The Morgan fingerprint density at radius 3 is 0.812 bits per heavy atom. The predicted molar refractivity (Wildman–Crippen MR) is 586 cm³/mol. The minimum Gasteiger partial charge on any atom is -0.355 e. The average molecular weight is 1850 g/mol. The summed E-state index contributed by atoms with van der Waals surface area (Å²) in [5, 5.41) is 14.0. The van der Waals surface area contributed by atoms with Gasteiger partial charge in [0.15, 0.2) is 0 Å². The number of hydrogen-bond donors (Lipinski definition) is 1. The van der Waals surface area contributed by atoms with E-state index in [1.54, 1.807) is 0 Å². The second-order valence-corrected chi connectivity index (χ2v) is 37.4. The van der Waals surface area contributed by atoms with Crippen molar-refractivity contribution in [2.75, 3.05) is 29.8 Å². The molecule has 0 amide bonds. The molecule has 4 heterocycles. The first-order valence-corrected chi connectivity index (χ1v) is 47.9. The van der Waals surface area contributed by atoms with Crippen LogP contribution >= 0.6 is 61.3 Å². The number of para-hydroxylation sites is 8. The maximum Gasteiger partial charge on any atom is 0.0482 e. The van der Waals surface area contributed by atoms with E-state index >= 15 is 0 Å². The Balaban J connectivity index is 0.000000140. The number of nitrogens with one attached hydrogen (secondary N) is 1. The number of anilines is 17. The van der Waals surface area contributed by atoms with Crippen LogP contribution in [0, 0.1) is 0 Å². The zero-order valence-corrected chi connectivity index (χ0v) is 75.9. The fraction of sp³-hybridized carbons (Fsp3) is 0.0164. The largest absolute Gasteiger partial charge is 0.355 e. The molecule has 0 radical (unpaired) electrons. The first-order valence-electron chi connectivity index (χ1n) is 43.8. The van der Waals surface area contributed by atoms with Crippen LogP contribution in [0.15, 0.2) is 502 Å². The van der Waals surface area contributed by atoms with Crippen molar-refractivity contribution in [2.24, 2.45) is 0 Å². The van der Waals surface area contributed by atoms with Gasteiger partial charge in [-0.3, -0.25) is 0 Å². The zero-order chi connectivity index (χ0) is 87.3. The lowest BCUT2D eigenvalue weighted by molar-refractivity contribution is 1.25. The number of nitrogens with zero attached hydrogens (tertiary/aromatic N) is 5. The fourth-order valence-electron chi connectivity index (χ4n) is 17.8. The summed E-state index contributed by atoms with van der Waals surface area (Å²) in [6, 6.07) is 178. The molecule has 0 unspecified atom stereocenters. The number of thiophene rings is 4. The number of rotatable bonds is 19. The van der Waals surface area contributed by atoms with E-state index in [9.17, 15) is 0 Å². The Kier molecular flexibility index (Phi) is 24.9. The van der Waals surface area contributed by atoms with Crippen LogP contribution in [-0.4, -0.2) is 0 Å². The van der Waals surface area contributed by atoms with Gasteiger partial charge < -0.3 is 29.8 Å². The molecule has 0 aliphatic carbocycles. The molecule has 0 bridgehead atoms. The standard InChI is InChI=1S/C60H41N3S2.C42H28N2S2.C18H14BrN.2CH4/c1-5-18-44(19-6-1)61(45-20-7-2-8-21-45)48-26-15-17-42(37-48)43-31-35-58-55(38-43)54-34-32-52(41-60(54)65-58)63(51-33-36-59-56(40-51)53-29-13-14-30-57(53)64-59)50-28-16-27-49(39-50)62(46-22-9-3-10-23-46)47-24-11-4-12-25-47;1-3-11-32(12-4-1)44(33-13-5-2-6-14-33)34-15-9-10-28(24-34)29-18-22-40-37(25-29)36-21-19-31(27-42(36)46-40)43-30-20-23-41-38(26-30)35-16-7-8-17-39(35)45-41;19-15-8-7-13-18(14-15)20(16-9-3-1-4-10-16)17-11-5-2-6-12-17;;/h1-41H;1-27,43H;1-14H;2*1H4. The van der Waals surface area contributed by atoms with Crippen molar-refractivity contribution < 1.29 is 0 Å². The van der Waals surface area contributed by atoms with E-state index in [2.05, 4.69) is 525 Å². The molecule has 640 valence electrons. The third-order valence-electron chi connectivity index (χ3n) is 23.9. The van der Waals surface area contributed by atoms with E-state index in [1.165, 1.54) is 103 Å². The van der Waals surface area contributed by atoms with Crippen LogP contribution in [0.1, 0.15) is 14.9 Å². The van der Waals surface area contributed by atoms with Gasteiger partial charge in [0, 0.05) is 182 Å². The molecular formula is C122H91BrN6S4. The Morgan fingerprint density at radius 1 is 0.150 bits per heavy atom. The quantitative estimate of drug-likeness (QED) is 0.0868. The van der Waals surface area contributed by atoms with Gasteiger partial charge in [-0.05, 0) is 277 Å². The van der Waals surface area contributed by atoms with E-state index in [0.29, 0.717) is 0 Å². The smallest absolute Gasteiger partial charge is 0.0482 e. The lowest BCUT2D eigenvalue weighted by Crippen LogP contribution is -2.13. The van der Waals surface area contributed by atoms with Gasteiger partial charge in [0.05, 0.1) is 0 Å². The first kappa shape index (κ1) is 85.6. The van der Waals surface area contributed by atoms with Crippen molar-refractivity contribution in [3.63, 3.8) is 0 Å². The molecule has 6 nitrogen and oxygen atoms in total. The number of benzene rings is 20. The molecule has 24 rings (SSSR count). The first-order chi connectivity index (χ1) is 64.8. The molecule has 0 atom stereocenters. The highest BCUT2D eigenvalue weighted by Gasteiger charge is 2.23. The summed E-state index contributed by atoms with van der Waals surface area (Å²) in [5.74, 6) is 0. The van der Waals surface area contributed by atoms with Crippen molar-refractivity contribution in [1.82, 2.24) is 0 Å². The van der Waals surface area contributed by atoms with E-state index < -0.39 is 0 Å². The molecule has 11 heteroatoms. The summed E-state index contributed by atoms with van der Waals surface area (Å²) in [6.45, 7) is 0. The predicted octanol–water partition coefficient (Wildman–Crippen LogP) is 39.0. The highest BCUT2D eigenvalue weighted by atomic mass is 79.9. The molecular weight excluding hydrogens is 1760 g/mol. The average Bonchev–Trinajstić information content (AvgIpc) is 1.61. The molecule has 0 saturated heterocycles. The van der Waals surface area contributed by atoms with Gasteiger partial charge in [0.25, 0.3) is 0 Å². The van der Waals surface area contributed by atoms with Crippen molar-refractivity contribution in [3.8, 4) is 22.3 Å². The minimum absolute atomic E-state index is 0. The second kappa shape index (κ2) is 38.7. The van der Waals surface area contributed by atoms with Crippen molar-refractivity contribution in [3.05, 3.63) is 502 Å². The molecule has 4 aromatic heterocycles. The SMILES string of the molecule is Brc1cccc(N(c2ccccc2)c2ccccc2)c1.C.C.c1ccc(N(c2ccccc2)c2cccc(-c3ccc4sc5cc(N(c6cccc(N(c7ccccc7)c7ccccc7)c6)c6ccc7sc8ccccc8c7c6)ccc5c4c3)c2)cc1.c1ccc(N(c2ccccc2)c2cccc(-c3ccc4sc5cc(Nc6ccc7sc8ccccc8c7c6)ccc5c4c3)c2)cc1. The van der Waals surface area contributed by atoms with Crippen LogP contribution in [0.5, 0.6) is 0 Å². The summed E-state index contributed by atoms with van der Waals surface area (Å²) in [7, 11) is 0. The number of fused-ring (bicyclic) bond motifs is 12. The molecule has 0 fully saturated rings. The van der Waals surface area contributed by atoms with Gasteiger partial charge in [-0.1, -0.05) is 273 Å². The van der Waals surface area contributed by atoms with Gasteiger partial charge in [-0.25, -0.2) is 0 Å². The summed E-state index contributed by atoms with van der Waals surface area (Å²) >= 11 is 11.0. The maximum absolute atomic E-state index is 3.67. The van der Waals surface area contributed by atoms with Crippen LogP contribution < -0.4 is 29.8 Å². The molecule has 20 aromatic carbocycles. The van der Waals surface area contributed by atoms with Crippen molar-refractivity contribution in [2.45, 2.75) is 14.9 Å². The Labute approximate surface area is 800 Å². The monoisotopic (exact) mass is 1850 g/mol. The third-order valence-corrected chi connectivity index (χ3v) is 28.9. The van der Waals surface area contributed by atoms with Gasteiger partial charge in [-0.15, -0.1) is 45.3 Å².